The van der Waals surface area contributed by atoms with Crippen LogP contribution >= 0.6 is 0 Å². The number of hydrogen-bond donors (Lipinski definition) is 2. The second-order valence-corrected chi connectivity index (χ2v) is 3.40. The van der Waals surface area contributed by atoms with Crippen LogP contribution in [-0.4, -0.2) is 38.6 Å². The molecule has 1 heterocycles. The third-order valence-electron chi connectivity index (χ3n) is 2.17. The summed E-state index contributed by atoms with van der Waals surface area (Å²) in [5, 5.41) is 4.91. The van der Waals surface area contributed by atoms with E-state index in [-0.39, 0.29) is 24.1 Å². The molecule has 0 fully saturated rings. The number of nitrogens with one attached hydrogen (secondary N) is 2. The molecule has 0 aromatic carbocycles. The van der Waals surface area contributed by atoms with Gasteiger partial charge in [-0.1, -0.05) is 0 Å². The fourth-order valence-electron chi connectivity index (χ4n) is 1.27. The van der Waals surface area contributed by atoms with E-state index >= 15 is 0 Å². The van der Waals surface area contributed by atoms with E-state index in [4.69, 9.17) is 0 Å². The second-order valence-electron chi connectivity index (χ2n) is 3.40. The van der Waals surface area contributed by atoms with Crippen LogP contribution in [0.1, 0.15) is 0 Å². The maximum atomic E-state index is 13.5. The molecule has 0 aliphatic heterocycles. The van der Waals surface area contributed by atoms with Crippen molar-refractivity contribution in [3.05, 3.63) is 17.7 Å². The topological polar surface area (TPSA) is 57.3 Å². The predicted molar refractivity (Wildman–Crippen MR) is 61.0 cm³/mol. The number of carbonyl (C=O) groups excluding carboxylic acids is 1. The lowest BCUT2D eigenvalue weighted by molar-refractivity contribution is -0.119. The molecule has 0 saturated carbocycles. The molecule has 1 aromatic rings. The summed E-state index contributed by atoms with van der Waals surface area (Å²) in [5.74, 6) is -2.02. The largest absolute Gasteiger partial charge is 0.371 e. The SMILES string of the molecule is CNC(=O)CN(C)c1nc(NC)c(F)cc1F. The quantitative estimate of drug-likeness (QED) is 0.813. The molecule has 2 N–H and O–H groups in total. The number of amides is 1. The van der Waals surface area contributed by atoms with E-state index < -0.39 is 11.6 Å². The molecular weight excluding hydrogens is 230 g/mol. The van der Waals surface area contributed by atoms with Gasteiger partial charge in [0, 0.05) is 27.2 Å². The Kier molecular flexibility index (Phi) is 4.19. The fourth-order valence-corrected chi connectivity index (χ4v) is 1.27. The Morgan fingerprint density at radius 3 is 2.59 bits per heavy atom. The maximum absolute atomic E-state index is 13.5. The molecule has 0 radical (unpaired) electrons. The van der Waals surface area contributed by atoms with Gasteiger partial charge in [-0.05, 0) is 0 Å². The van der Waals surface area contributed by atoms with Gasteiger partial charge in [0.2, 0.25) is 5.91 Å². The summed E-state index contributed by atoms with van der Waals surface area (Å²) >= 11 is 0. The monoisotopic (exact) mass is 244 g/mol. The lowest BCUT2D eigenvalue weighted by atomic mass is 10.3. The van der Waals surface area contributed by atoms with Crippen molar-refractivity contribution in [2.75, 3.05) is 37.9 Å². The number of rotatable bonds is 4. The zero-order valence-electron chi connectivity index (χ0n) is 9.84. The Balaban J connectivity index is 3.00. The van der Waals surface area contributed by atoms with Gasteiger partial charge in [-0.25, -0.2) is 13.8 Å². The molecule has 5 nitrogen and oxygen atoms in total. The summed E-state index contributed by atoms with van der Waals surface area (Å²) in [5.41, 5.74) is 0. The summed E-state index contributed by atoms with van der Waals surface area (Å²) < 4.78 is 26.6. The molecule has 0 atom stereocenters. The van der Waals surface area contributed by atoms with E-state index in [9.17, 15) is 13.6 Å². The highest BCUT2D eigenvalue weighted by atomic mass is 19.1. The van der Waals surface area contributed by atoms with E-state index in [1.54, 1.807) is 0 Å². The molecule has 0 spiro atoms. The van der Waals surface area contributed by atoms with Crippen LogP contribution in [0.4, 0.5) is 20.4 Å². The fraction of sp³-hybridized carbons (Fsp3) is 0.400. The number of carbonyl (C=O) groups is 1. The van der Waals surface area contributed by atoms with E-state index in [0.29, 0.717) is 0 Å². The zero-order valence-corrected chi connectivity index (χ0v) is 9.84. The molecule has 0 unspecified atom stereocenters. The van der Waals surface area contributed by atoms with Crippen molar-refractivity contribution in [1.29, 1.82) is 0 Å². The molecule has 7 heteroatoms. The molecule has 0 aliphatic rings. The van der Waals surface area contributed by atoms with Crippen LogP contribution in [0.2, 0.25) is 0 Å². The normalized spacial score (nSPS) is 9.94. The second kappa shape index (κ2) is 5.42. The highest BCUT2D eigenvalue weighted by molar-refractivity contribution is 5.80. The highest BCUT2D eigenvalue weighted by Crippen LogP contribution is 2.20. The first kappa shape index (κ1) is 13.1. The van der Waals surface area contributed by atoms with Gasteiger partial charge in [0.05, 0.1) is 6.54 Å². The summed E-state index contributed by atoms with van der Waals surface area (Å²) in [6.07, 6.45) is 0. The average molecular weight is 244 g/mol. The highest BCUT2D eigenvalue weighted by Gasteiger charge is 2.16. The van der Waals surface area contributed by atoms with Crippen molar-refractivity contribution < 1.29 is 13.6 Å². The predicted octanol–water partition coefficient (Wildman–Crippen LogP) is 0.584. The molecule has 0 bridgehead atoms. The Morgan fingerprint density at radius 1 is 1.41 bits per heavy atom. The molecule has 1 rings (SSSR count). The minimum atomic E-state index is -0.812. The van der Waals surface area contributed by atoms with Crippen molar-refractivity contribution in [1.82, 2.24) is 10.3 Å². The molecule has 0 aliphatic carbocycles. The van der Waals surface area contributed by atoms with Gasteiger partial charge >= 0.3 is 0 Å². The van der Waals surface area contributed by atoms with Crippen molar-refractivity contribution in [3.8, 4) is 0 Å². The van der Waals surface area contributed by atoms with Crippen molar-refractivity contribution in [3.63, 3.8) is 0 Å². The van der Waals surface area contributed by atoms with Crippen LogP contribution in [0.5, 0.6) is 0 Å². The third-order valence-corrected chi connectivity index (χ3v) is 2.17. The van der Waals surface area contributed by atoms with Crippen LogP contribution in [0.15, 0.2) is 6.07 Å². The summed E-state index contributed by atoms with van der Waals surface area (Å²) in [6.45, 7) is -0.0603. The van der Waals surface area contributed by atoms with Gasteiger partial charge in [-0.2, -0.15) is 0 Å². The zero-order chi connectivity index (χ0) is 13.0. The van der Waals surface area contributed by atoms with Crippen molar-refractivity contribution in [2.45, 2.75) is 0 Å². The van der Waals surface area contributed by atoms with E-state index in [0.717, 1.165) is 6.07 Å². The number of pyridine rings is 1. The maximum Gasteiger partial charge on any atom is 0.239 e. The Bertz CT molecular complexity index is 425. The van der Waals surface area contributed by atoms with Crippen molar-refractivity contribution >= 4 is 17.5 Å². The minimum absolute atomic E-state index is 0.0603. The van der Waals surface area contributed by atoms with Crippen molar-refractivity contribution in [2.24, 2.45) is 0 Å². The van der Waals surface area contributed by atoms with Gasteiger partial charge in [-0.3, -0.25) is 4.79 Å². The summed E-state index contributed by atoms with van der Waals surface area (Å²) in [6, 6.07) is 0.731. The first-order valence-corrected chi connectivity index (χ1v) is 4.95. The number of aromatic nitrogens is 1. The Hall–Kier alpha value is -1.92. The van der Waals surface area contributed by atoms with E-state index in [1.807, 2.05) is 0 Å². The molecule has 17 heavy (non-hydrogen) atoms. The number of nitrogens with zero attached hydrogens (tertiary/aromatic N) is 2. The number of halogens is 2. The van der Waals surface area contributed by atoms with Crippen LogP contribution in [0.25, 0.3) is 0 Å². The lowest BCUT2D eigenvalue weighted by Crippen LogP contribution is -2.34. The van der Waals surface area contributed by atoms with E-state index in [1.165, 1.54) is 26.0 Å². The Labute approximate surface area is 97.8 Å². The smallest absolute Gasteiger partial charge is 0.239 e. The standard InChI is InChI=1S/C10H14F2N4O/c1-13-8(17)5-16(3)10-7(12)4-6(11)9(14-2)15-10/h4H,5H2,1-3H3,(H,13,17)(H,14,15). The first-order valence-electron chi connectivity index (χ1n) is 4.95. The molecule has 1 aromatic heterocycles. The molecule has 1 amide bonds. The third kappa shape index (κ3) is 3.02. The van der Waals surface area contributed by atoms with Gasteiger partial charge in [0.15, 0.2) is 23.3 Å². The molecule has 0 saturated heterocycles. The van der Waals surface area contributed by atoms with E-state index in [2.05, 4.69) is 15.6 Å². The molecule has 94 valence electrons. The number of likely N-dealkylation sites (N-methyl/N-ethyl adjacent to an activating group) is 2. The van der Waals surface area contributed by atoms with Gasteiger partial charge in [0.25, 0.3) is 0 Å². The van der Waals surface area contributed by atoms with Gasteiger partial charge < -0.3 is 15.5 Å². The minimum Gasteiger partial charge on any atom is -0.371 e. The number of anilines is 2. The van der Waals surface area contributed by atoms with Gasteiger partial charge in [-0.15, -0.1) is 0 Å². The summed E-state index contributed by atoms with van der Waals surface area (Å²) in [7, 11) is 4.45. The van der Waals surface area contributed by atoms with Gasteiger partial charge in [0.1, 0.15) is 0 Å². The summed E-state index contributed by atoms with van der Waals surface area (Å²) in [4.78, 5) is 16.2. The number of hydrogen-bond acceptors (Lipinski definition) is 4. The average Bonchev–Trinajstić information content (AvgIpc) is 2.28. The Morgan fingerprint density at radius 2 is 2.06 bits per heavy atom. The molecular formula is C10H14F2N4O. The van der Waals surface area contributed by atoms with Crippen LogP contribution in [0.3, 0.4) is 0 Å². The van der Waals surface area contributed by atoms with Crippen LogP contribution < -0.4 is 15.5 Å². The lowest BCUT2D eigenvalue weighted by Gasteiger charge is -2.18. The van der Waals surface area contributed by atoms with Crippen LogP contribution in [-0.2, 0) is 4.79 Å². The first-order chi connectivity index (χ1) is 7.99. The van der Waals surface area contributed by atoms with Crippen LogP contribution in [0, 0.1) is 11.6 Å².